The van der Waals surface area contributed by atoms with Gasteiger partial charge in [-0.3, -0.25) is 19.3 Å². The number of hydrogen-bond donors (Lipinski definition) is 0. The Balaban J connectivity index is 1.73. The maximum Gasteiger partial charge on any atom is 0.274 e. The third kappa shape index (κ3) is 4.31. The zero-order valence-electron chi connectivity index (χ0n) is 21.3. The van der Waals surface area contributed by atoms with Crippen molar-refractivity contribution in [1.29, 1.82) is 0 Å². The van der Waals surface area contributed by atoms with Gasteiger partial charge in [0.1, 0.15) is 12.4 Å². The van der Waals surface area contributed by atoms with Gasteiger partial charge in [0.25, 0.3) is 5.91 Å². The molecule has 1 aromatic carbocycles. The first-order chi connectivity index (χ1) is 17.4. The van der Waals surface area contributed by atoms with E-state index in [0.29, 0.717) is 37.1 Å². The van der Waals surface area contributed by atoms with E-state index in [1.165, 1.54) is 21.6 Å². The smallest absolute Gasteiger partial charge is 0.274 e. The molecule has 2 aromatic rings. The van der Waals surface area contributed by atoms with Crippen LogP contribution in [-0.2, 0) is 15.2 Å². The molecule has 3 heterocycles. The Bertz CT molecular complexity index is 1280. The number of rotatable bonds is 6. The summed E-state index contributed by atoms with van der Waals surface area (Å²) in [6, 6.07) is 9.78. The van der Waals surface area contributed by atoms with Crippen LogP contribution in [0.3, 0.4) is 0 Å². The minimum Gasteiger partial charge on any atom is -0.382 e. The van der Waals surface area contributed by atoms with Crippen molar-refractivity contribution in [3.05, 3.63) is 91.8 Å². The first kappa shape index (κ1) is 24.9. The number of carbonyl (C=O) groups excluding carboxylic acids is 1. The molecular weight excluding hydrogens is 474 g/mol. The van der Waals surface area contributed by atoms with Crippen LogP contribution in [0.25, 0.3) is 0 Å². The van der Waals surface area contributed by atoms with Crippen LogP contribution in [0.1, 0.15) is 46.6 Å². The summed E-state index contributed by atoms with van der Waals surface area (Å²) >= 11 is 1.88. The molecule has 36 heavy (non-hydrogen) atoms. The predicted octanol–water partition coefficient (Wildman–Crippen LogP) is 4.01. The van der Waals surface area contributed by atoms with Crippen LogP contribution >= 0.6 is 11.8 Å². The Kier molecular flexibility index (Phi) is 7.10. The summed E-state index contributed by atoms with van der Waals surface area (Å²) in [7, 11) is 3.26. The van der Waals surface area contributed by atoms with Gasteiger partial charge in [0.2, 0.25) is 0 Å². The summed E-state index contributed by atoms with van der Waals surface area (Å²) in [4.78, 5) is 29.7. The summed E-state index contributed by atoms with van der Waals surface area (Å²) in [6.07, 6.45) is 7.24. The van der Waals surface area contributed by atoms with E-state index in [9.17, 15) is 9.59 Å². The molecule has 0 saturated heterocycles. The molecule has 2 atom stereocenters. The first-order valence-corrected chi connectivity index (χ1v) is 13.3. The van der Waals surface area contributed by atoms with E-state index >= 15 is 0 Å². The zero-order chi connectivity index (χ0) is 25.4. The highest BCUT2D eigenvalue weighted by molar-refractivity contribution is 8.02. The minimum atomic E-state index is -0.285. The number of benzene rings is 1. The second kappa shape index (κ2) is 10.3. The SMILES string of the molecule is COCC(COC)N1CN(C2C3=C(C=CC(C)C3)SCc3ccccc32)n2ccc(=O)c(C)c2C1=O. The van der Waals surface area contributed by atoms with Gasteiger partial charge in [0, 0.05) is 42.7 Å². The molecule has 0 spiro atoms. The Morgan fingerprint density at radius 3 is 2.61 bits per heavy atom. The van der Waals surface area contributed by atoms with E-state index in [-0.39, 0.29) is 23.4 Å². The van der Waals surface area contributed by atoms with Crippen LogP contribution < -0.4 is 10.4 Å². The molecule has 3 aliphatic rings. The normalized spacial score (nSPS) is 21.4. The van der Waals surface area contributed by atoms with Gasteiger partial charge in [-0.2, -0.15) is 0 Å². The van der Waals surface area contributed by atoms with Gasteiger partial charge in [-0.25, -0.2) is 0 Å². The van der Waals surface area contributed by atoms with Crippen molar-refractivity contribution in [3.63, 3.8) is 0 Å². The fraction of sp³-hybridized carbons (Fsp3) is 0.429. The zero-order valence-corrected chi connectivity index (χ0v) is 22.1. The second-order valence-electron chi connectivity index (χ2n) is 9.74. The number of aromatic nitrogens is 1. The molecule has 1 amide bonds. The Labute approximate surface area is 216 Å². The largest absolute Gasteiger partial charge is 0.382 e. The highest BCUT2D eigenvalue weighted by Gasteiger charge is 2.41. The van der Waals surface area contributed by atoms with Gasteiger partial charge in [-0.15, -0.1) is 11.8 Å². The van der Waals surface area contributed by atoms with Crippen LogP contribution in [0.15, 0.2) is 64.0 Å². The molecule has 0 bridgehead atoms. The Morgan fingerprint density at radius 1 is 1.11 bits per heavy atom. The minimum absolute atomic E-state index is 0.0828. The fourth-order valence-corrected chi connectivity index (χ4v) is 6.63. The highest BCUT2D eigenvalue weighted by atomic mass is 32.2. The van der Waals surface area contributed by atoms with Crippen LogP contribution in [0.4, 0.5) is 0 Å². The summed E-state index contributed by atoms with van der Waals surface area (Å²) in [5.41, 5.74) is 4.60. The number of ether oxygens (including phenoxy) is 2. The molecule has 5 rings (SSSR count). The average Bonchev–Trinajstić information content (AvgIpc) is 3.03. The molecule has 7 nitrogen and oxygen atoms in total. The van der Waals surface area contributed by atoms with E-state index < -0.39 is 0 Å². The van der Waals surface area contributed by atoms with Crippen molar-refractivity contribution in [2.75, 3.05) is 39.1 Å². The number of carbonyl (C=O) groups is 1. The van der Waals surface area contributed by atoms with Crippen molar-refractivity contribution in [2.45, 2.75) is 38.1 Å². The monoisotopic (exact) mass is 507 g/mol. The van der Waals surface area contributed by atoms with E-state index in [2.05, 4.69) is 48.4 Å². The molecule has 8 heteroatoms. The fourth-order valence-electron chi connectivity index (χ4n) is 5.50. The number of amides is 1. The van der Waals surface area contributed by atoms with Crippen molar-refractivity contribution in [1.82, 2.24) is 9.58 Å². The van der Waals surface area contributed by atoms with Crippen molar-refractivity contribution >= 4 is 17.7 Å². The molecular formula is C28H33N3O4S. The Hall–Kier alpha value is -2.81. The van der Waals surface area contributed by atoms with Crippen molar-refractivity contribution in [2.24, 2.45) is 5.92 Å². The van der Waals surface area contributed by atoms with Gasteiger partial charge in [0.15, 0.2) is 5.43 Å². The number of hydrogen-bond acceptors (Lipinski definition) is 6. The van der Waals surface area contributed by atoms with Gasteiger partial charge < -0.3 is 14.4 Å². The highest BCUT2D eigenvalue weighted by Crippen LogP contribution is 2.46. The van der Waals surface area contributed by atoms with Crippen molar-refractivity contribution in [3.8, 4) is 0 Å². The summed E-state index contributed by atoms with van der Waals surface area (Å²) in [6.45, 7) is 5.02. The molecule has 0 saturated carbocycles. The summed E-state index contributed by atoms with van der Waals surface area (Å²) in [5, 5.41) is 2.24. The molecule has 0 fully saturated rings. The van der Waals surface area contributed by atoms with E-state index in [1.54, 1.807) is 38.3 Å². The van der Waals surface area contributed by atoms with E-state index in [4.69, 9.17) is 9.47 Å². The topological polar surface area (TPSA) is 64.0 Å². The third-order valence-electron chi connectivity index (χ3n) is 7.31. The van der Waals surface area contributed by atoms with Crippen molar-refractivity contribution < 1.29 is 14.3 Å². The van der Waals surface area contributed by atoms with Gasteiger partial charge in [-0.05, 0) is 36.0 Å². The maximum absolute atomic E-state index is 13.9. The summed E-state index contributed by atoms with van der Waals surface area (Å²) in [5.74, 6) is 1.14. The molecule has 0 radical (unpaired) electrons. The Morgan fingerprint density at radius 2 is 1.86 bits per heavy atom. The summed E-state index contributed by atoms with van der Waals surface area (Å²) < 4.78 is 12.9. The molecule has 190 valence electrons. The van der Waals surface area contributed by atoms with Crippen LogP contribution in [-0.4, -0.2) is 55.6 Å². The number of pyridine rings is 1. The van der Waals surface area contributed by atoms with Crippen LogP contribution in [0, 0.1) is 12.8 Å². The van der Waals surface area contributed by atoms with E-state index in [0.717, 1.165) is 12.2 Å². The van der Waals surface area contributed by atoms with Gasteiger partial charge in [-0.1, -0.05) is 43.3 Å². The average molecular weight is 508 g/mol. The van der Waals surface area contributed by atoms with Gasteiger partial charge >= 0.3 is 0 Å². The number of fused-ring (bicyclic) bond motifs is 2. The molecule has 2 unspecified atom stereocenters. The molecule has 1 aromatic heterocycles. The molecule has 2 aliphatic heterocycles. The third-order valence-corrected chi connectivity index (χ3v) is 8.48. The lowest BCUT2D eigenvalue weighted by molar-refractivity contribution is 0.0205. The second-order valence-corrected chi connectivity index (χ2v) is 10.8. The number of nitrogens with zero attached hydrogens (tertiary/aromatic N) is 3. The quantitative estimate of drug-likeness (QED) is 0.589. The van der Waals surface area contributed by atoms with Gasteiger partial charge in [0.05, 0.1) is 25.3 Å². The predicted molar refractivity (Wildman–Crippen MR) is 143 cm³/mol. The lowest BCUT2D eigenvalue weighted by Gasteiger charge is -2.47. The molecule has 0 N–H and O–H groups in total. The molecule has 1 aliphatic carbocycles. The van der Waals surface area contributed by atoms with Crippen LogP contribution in [0.5, 0.6) is 0 Å². The lowest BCUT2D eigenvalue weighted by atomic mass is 9.86. The van der Waals surface area contributed by atoms with Crippen LogP contribution in [0.2, 0.25) is 0 Å². The number of thioether (sulfide) groups is 1. The maximum atomic E-state index is 13.9. The lowest BCUT2D eigenvalue weighted by Crippen LogP contribution is -2.60. The van der Waals surface area contributed by atoms with E-state index in [1.807, 2.05) is 16.4 Å². The standard InChI is InChI=1S/C28H33N3O4S/c1-18-9-10-25-23(13-18)27(22-8-6-5-7-20(22)16-36-25)31-17-29(21(14-34-3)15-35-4)28(33)26-19(2)24(32)11-12-30(26)31/h5-12,18,21,27H,13-17H2,1-4H3. The first-order valence-electron chi connectivity index (χ1n) is 12.3. The number of methoxy groups -OCH3 is 2. The number of allylic oxidation sites excluding steroid dienone is 2.